The number of para-hydroxylation sites is 4. The normalized spacial score (nSPS) is 11.9. The van der Waals surface area contributed by atoms with Crippen molar-refractivity contribution in [3.63, 3.8) is 0 Å². The molecule has 0 bridgehead atoms. The summed E-state index contributed by atoms with van der Waals surface area (Å²) in [5, 5.41) is 7.13. The van der Waals surface area contributed by atoms with E-state index < -0.39 is 0 Å². The van der Waals surface area contributed by atoms with Gasteiger partial charge in [-0.2, -0.15) is 0 Å². The van der Waals surface area contributed by atoms with Gasteiger partial charge in [0, 0.05) is 37.9 Å². The van der Waals surface area contributed by atoms with Gasteiger partial charge in [-0.05, 0) is 88.5 Å². The van der Waals surface area contributed by atoms with E-state index in [2.05, 4.69) is 209 Å². The van der Waals surface area contributed by atoms with Gasteiger partial charge >= 0.3 is 0 Å². The summed E-state index contributed by atoms with van der Waals surface area (Å²) < 4.78 is 11.4. The molecule has 12 aromatic rings. The average Bonchev–Trinajstić information content (AvgIpc) is 3.94. The van der Waals surface area contributed by atoms with Crippen molar-refractivity contribution in [2.45, 2.75) is 0 Å². The molecule has 3 nitrogen and oxygen atoms in total. The standard InChI is InChI=1S/C54H34N2O/c1-3-14-35(15-4-1)37-26-29-50-45(32-37)46-34-39(28-31-51(46)55(50)47-22-10-7-18-40(47)36-16-5-2-6-17-36)38-27-30-49-44(33-38)41-19-8-11-23-48(41)56(49)52-24-13-21-43-42-20-9-12-25-53(42)57-54(43)52/h1-34H. The van der Waals surface area contributed by atoms with Crippen molar-refractivity contribution in [1.82, 2.24) is 9.13 Å². The van der Waals surface area contributed by atoms with Crippen LogP contribution in [0.4, 0.5) is 0 Å². The van der Waals surface area contributed by atoms with Gasteiger partial charge in [0.2, 0.25) is 0 Å². The summed E-state index contributed by atoms with van der Waals surface area (Å²) in [5.41, 5.74) is 15.9. The van der Waals surface area contributed by atoms with Gasteiger partial charge in [-0.15, -0.1) is 0 Å². The number of hydrogen-bond acceptors (Lipinski definition) is 1. The number of fused-ring (bicyclic) bond motifs is 9. The summed E-state index contributed by atoms with van der Waals surface area (Å²) in [6.07, 6.45) is 0. The van der Waals surface area contributed by atoms with E-state index in [0.717, 1.165) is 44.3 Å². The van der Waals surface area contributed by atoms with E-state index in [0.29, 0.717) is 0 Å². The van der Waals surface area contributed by atoms with Gasteiger partial charge in [-0.1, -0.05) is 146 Å². The van der Waals surface area contributed by atoms with E-state index in [1.165, 1.54) is 66.0 Å². The van der Waals surface area contributed by atoms with Crippen molar-refractivity contribution < 1.29 is 4.42 Å². The zero-order chi connectivity index (χ0) is 37.5. The molecule has 0 aliphatic heterocycles. The molecule has 0 amide bonds. The highest BCUT2D eigenvalue weighted by Crippen LogP contribution is 2.42. The maximum absolute atomic E-state index is 6.55. The third-order valence-corrected chi connectivity index (χ3v) is 11.7. The van der Waals surface area contributed by atoms with Crippen LogP contribution in [0.1, 0.15) is 0 Å². The number of nitrogens with zero attached hydrogens (tertiary/aromatic N) is 2. The molecule has 0 radical (unpaired) electrons. The minimum atomic E-state index is 0.899. The summed E-state index contributed by atoms with van der Waals surface area (Å²) in [7, 11) is 0. The predicted molar refractivity (Wildman–Crippen MR) is 239 cm³/mol. The van der Waals surface area contributed by atoms with Crippen LogP contribution in [0.5, 0.6) is 0 Å². The largest absolute Gasteiger partial charge is 0.454 e. The Morgan fingerprint density at radius 3 is 1.46 bits per heavy atom. The first-order valence-electron chi connectivity index (χ1n) is 19.5. The Balaban J connectivity index is 1.08. The molecule has 0 saturated heterocycles. The molecule has 0 atom stereocenters. The molecule has 0 spiro atoms. The topological polar surface area (TPSA) is 23.0 Å². The van der Waals surface area contributed by atoms with E-state index in [4.69, 9.17) is 4.42 Å². The van der Waals surface area contributed by atoms with E-state index >= 15 is 0 Å². The summed E-state index contributed by atoms with van der Waals surface area (Å²) >= 11 is 0. The van der Waals surface area contributed by atoms with Gasteiger partial charge < -0.3 is 13.6 Å². The number of furan rings is 1. The first-order chi connectivity index (χ1) is 28.3. The predicted octanol–water partition coefficient (Wildman–Crippen LogP) is 14.8. The van der Waals surface area contributed by atoms with E-state index in [1.54, 1.807) is 0 Å². The fourth-order valence-electron chi connectivity index (χ4n) is 9.12. The maximum Gasteiger partial charge on any atom is 0.159 e. The third kappa shape index (κ3) is 4.86. The van der Waals surface area contributed by atoms with Crippen LogP contribution in [0.2, 0.25) is 0 Å². The maximum atomic E-state index is 6.55. The Morgan fingerprint density at radius 2 is 0.754 bits per heavy atom. The fraction of sp³-hybridized carbons (Fsp3) is 0. The third-order valence-electron chi connectivity index (χ3n) is 11.7. The molecular formula is C54H34N2O. The minimum absolute atomic E-state index is 0.899. The van der Waals surface area contributed by atoms with Crippen LogP contribution >= 0.6 is 0 Å². The summed E-state index contributed by atoms with van der Waals surface area (Å²) in [6, 6.07) is 74.5. The summed E-state index contributed by atoms with van der Waals surface area (Å²) in [6.45, 7) is 0. The summed E-state index contributed by atoms with van der Waals surface area (Å²) in [5.74, 6) is 0. The van der Waals surface area contributed by atoms with Crippen LogP contribution in [0.3, 0.4) is 0 Å². The molecule has 3 heteroatoms. The van der Waals surface area contributed by atoms with Crippen LogP contribution in [0.15, 0.2) is 211 Å². The van der Waals surface area contributed by atoms with Crippen molar-refractivity contribution in [3.8, 4) is 44.8 Å². The highest BCUT2D eigenvalue weighted by atomic mass is 16.3. The molecule has 0 aliphatic rings. The second-order valence-corrected chi connectivity index (χ2v) is 14.9. The number of hydrogen-bond donors (Lipinski definition) is 0. The molecule has 0 N–H and O–H groups in total. The van der Waals surface area contributed by atoms with Crippen LogP contribution < -0.4 is 0 Å². The van der Waals surface area contributed by atoms with Gasteiger partial charge in [0.05, 0.1) is 33.4 Å². The van der Waals surface area contributed by atoms with E-state index in [-0.39, 0.29) is 0 Å². The molecule has 266 valence electrons. The van der Waals surface area contributed by atoms with Gasteiger partial charge in [0.25, 0.3) is 0 Å². The van der Waals surface area contributed by atoms with Crippen molar-refractivity contribution >= 4 is 65.6 Å². The van der Waals surface area contributed by atoms with Gasteiger partial charge in [0.1, 0.15) is 5.58 Å². The highest BCUT2D eigenvalue weighted by Gasteiger charge is 2.20. The second-order valence-electron chi connectivity index (χ2n) is 14.9. The first kappa shape index (κ1) is 31.7. The molecule has 0 unspecified atom stereocenters. The van der Waals surface area contributed by atoms with Crippen LogP contribution in [0.25, 0.3) is 110 Å². The average molecular weight is 727 g/mol. The van der Waals surface area contributed by atoms with Crippen LogP contribution in [0, 0.1) is 0 Å². The van der Waals surface area contributed by atoms with Gasteiger partial charge in [-0.25, -0.2) is 0 Å². The van der Waals surface area contributed by atoms with Crippen LogP contribution in [-0.4, -0.2) is 9.13 Å². The number of rotatable bonds is 5. The first-order valence-corrected chi connectivity index (χ1v) is 19.5. The Kier molecular flexibility index (Phi) is 6.93. The van der Waals surface area contributed by atoms with Crippen LogP contribution in [-0.2, 0) is 0 Å². The lowest BCUT2D eigenvalue weighted by Crippen LogP contribution is -1.97. The molecule has 9 aromatic carbocycles. The SMILES string of the molecule is c1ccc(-c2ccc3c(c2)c2cc(-c4ccc5c(c4)c4ccccc4n5-c4cccc5c4oc4ccccc45)ccc2n3-c2ccccc2-c2ccccc2)cc1. The van der Waals surface area contributed by atoms with E-state index in [9.17, 15) is 0 Å². The molecule has 12 rings (SSSR count). The highest BCUT2D eigenvalue weighted by molar-refractivity contribution is 6.15. The minimum Gasteiger partial charge on any atom is -0.454 e. The molecule has 3 heterocycles. The van der Waals surface area contributed by atoms with Crippen molar-refractivity contribution in [3.05, 3.63) is 206 Å². The Morgan fingerprint density at radius 1 is 0.281 bits per heavy atom. The molecule has 57 heavy (non-hydrogen) atoms. The molecule has 0 aliphatic carbocycles. The lowest BCUT2D eigenvalue weighted by molar-refractivity contribution is 0.666. The molecule has 0 saturated carbocycles. The summed E-state index contributed by atoms with van der Waals surface area (Å²) in [4.78, 5) is 0. The van der Waals surface area contributed by atoms with E-state index in [1.807, 2.05) is 6.07 Å². The zero-order valence-corrected chi connectivity index (χ0v) is 30.9. The van der Waals surface area contributed by atoms with Gasteiger partial charge in [-0.3, -0.25) is 0 Å². The lowest BCUT2D eigenvalue weighted by atomic mass is 9.99. The van der Waals surface area contributed by atoms with Crippen molar-refractivity contribution in [2.24, 2.45) is 0 Å². The molecular weight excluding hydrogens is 693 g/mol. The lowest BCUT2D eigenvalue weighted by Gasteiger charge is -2.14. The van der Waals surface area contributed by atoms with Crippen molar-refractivity contribution in [2.75, 3.05) is 0 Å². The Bertz CT molecular complexity index is 3510. The second kappa shape index (κ2) is 12.5. The number of aromatic nitrogens is 2. The van der Waals surface area contributed by atoms with Gasteiger partial charge in [0.15, 0.2) is 5.58 Å². The molecule has 3 aromatic heterocycles. The molecule has 0 fully saturated rings. The fourth-order valence-corrected chi connectivity index (χ4v) is 9.12. The zero-order valence-electron chi connectivity index (χ0n) is 30.9. The quantitative estimate of drug-likeness (QED) is 0.173. The Hall–Kier alpha value is -7.62. The smallest absolute Gasteiger partial charge is 0.159 e. The van der Waals surface area contributed by atoms with Crippen molar-refractivity contribution in [1.29, 1.82) is 0 Å². The Labute approximate surface area is 328 Å². The monoisotopic (exact) mass is 726 g/mol. The number of benzene rings is 9.